The molecule has 1 aliphatic rings. The van der Waals surface area contributed by atoms with E-state index in [9.17, 15) is 9.90 Å². The van der Waals surface area contributed by atoms with Crippen LogP contribution in [0.4, 0.5) is 4.79 Å². The van der Waals surface area contributed by atoms with Gasteiger partial charge in [-0.3, -0.25) is 4.90 Å². The highest BCUT2D eigenvalue weighted by atomic mass is 16.6. The van der Waals surface area contributed by atoms with Crippen molar-refractivity contribution in [2.75, 3.05) is 13.1 Å². The van der Waals surface area contributed by atoms with Crippen LogP contribution in [0.15, 0.2) is 30.3 Å². The fourth-order valence-electron chi connectivity index (χ4n) is 3.43. The fraction of sp³-hybridized carbons (Fsp3) is 0.632. The summed E-state index contributed by atoms with van der Waals surface area (Å²) in [4.78, 5) is 14.2. The van der Waals surface area contributed by atoms with Gasteiger partial charge in [0.2, 0.25) is 0 Å². The Balaban J connectivity index is 2.08. The van der Waals surface area contributed by atoms with Gasteiger partial charge in [-0.1, -0.05) is 44.2 Å². The number of carbonyl (C=O) groups is 1. The summed E-state index contributed by atoms with van der Waals surface area (Å²) in [5.74, 6) is 0.436. The molecule has 3 atom stereocenters. The highest BCUT2D eigenvalue weighted by Gasteiger charge is 2.34. The van der Waals surface area contributed by atoms with Crippen LogP contribution >= 0.6 is 0 Å². The lowest BCUT2D eigenvalue weighted by molar-refractivity contribution is 0.0153. The van der Waals surface area contributed by atoms with Crippen LogP contribution in [0.25, 0.3) is 0 Å². The molecule has 0 aromatic heterocycles. The molecule has 134 valence electrons. The Kier molecular flexibility index (Phi) is 6.63. The number of ether oxygens (including phenoxy) is 1. The zero-order valence-corrected chi connectivity index (χ0v) is 15.1. The van der Waals surface area contributed by atoms with Crippen LogP contribution in [0.1, 0.15) is 45.7 Å². The SMILES string of the molecule is CC(C)OC(=O)N[C@@H]1CN(C(c2ccccc2)C(C)C)CC[C@H]1O. The van der Waals surface area contributed by atoms with E-state index in [0.717, 1.165) is 6.54 Å². The number of nitrogens with one attached hydrogen (secondary N) is 1. The summed E-state index contributed by atoms with van der Waals surface area (Å²) in [7, 11) is 0. The van der Waals surface area contributed by atoms with Gasteiger partial charge in [0.25, 0.3) is 0 Å². The third kappa shape index (κ3) is 4.95. The van der Waals surface area contributed by atoms with E-state index in [1.165, 1.54) is 5.56 Å². The number of piperidine rings is 1. The summed E-state index contributed by atoms with van der Waals surface area (Å²) in [5, 5.41) is 13.1. The first-order valence-corrected chi connectivity index (χ1v) is 8.82. The molecular weight excluding hydrogens is 304 g/mol. The zero-order valence-electron chi connectivity index (χ0n) is 15.1. The van der Waals surface area contributed by atoms with Gasteiger partial charge in [0, 0.05) is 19.1 Å². The Hall–Kier alpha value is -1.59. The van der Waals surface area contributed by atoms with Crippen LogP contribution in [0.3, 0.4) is 0 Å². The lowest BCUT2D eigenvalue weighted by Gasteiger charge is -2.42. The van der Waals surface area contributed by atoms with Gasteiger partial charge in [-0.05, 0) is 31.7 Å². The quantitative estimate of drug-likeness (QED) is 0.869. The number of benzene rings is 1. The van der Waals surface area contributed by atoms with E-state index >= 15 is 0 Å². The standard InChI is InChI=1S/C19H30N2O3/c1-13(2)18(15-8-6-5-7-9-15)21-11-10-17(22)16(12-21)20-19(23)24-14(3)4/h5-9,13-14,16-18,22H,10-12H2,1-4H3,(H,20,23)/t16-,17-,18?/m1/s1. The number of likely N-dealkylation sites (tertiary alicyclic amines) is 1. The number of hydrogen-bond acceptors (Lipinski definition) is 4. The number of rotatable bonds is 5. The number of aliphatic hydroxyl groups excluding tert-OH is 1. The van der Waals surface area contributed by atoms with Crippen molar-refractivity contribution in [1.29, 1.82) is 0 Å². The Bertz CT molecular complexity index is 519. The summed E-state index contributed by atoms with van der Waals surface area (Å²) in [6.45, 7) is 9.47. The molecule has 0 spiro atoms. The van der Waals surface area contributed by atoms with Crippen molar-refractivity contribution in [3.05, 3.63) is 35.9 Å². The minimum atomic E-state index is -0.537. The second-order valence-corrected chi connectivity index (χ2v) is 7.16. The first-order valence-electron chi connectivity index (χ1n) is 8.82. The van der Waals surface area contributed by atoms with Crippen LogP contribution in [-0.4, -0.2) is 47.4 Å². The van der Waals surface area contributed by atoms with Gasteiger partial charge in [0.15, 0.2) is 0 Å². The molecule has 1 heterocycles. The van der Waals surface area contributed by atoms with Gasteiger partial charge in [0.05, 0.1) is 18.2 Å². The van der Waals surface area contributed by atoms with Crippen molar-refractivity contribution in [1.82, 2.24) is 10.2 Å². The highest BCUT2D eigenvalue weighted by molar-refractivity contribution is 5.67. The predicted molar refractivity (Wildman–Crippen MR) is 94.8 cm³/mol. The van der Waals surface area contributed by atoms with Gasteiger partial charge in [-0.15, -0.1) is 0 Å². The molecule has 0 saturated carbocycles. The summed E-state index contributed by atoms with van der Waals surface area (Å²) < 4.78 is 5.15. The maximum atomic E-state index is 11.9. The Labute approximate surface area is 145 Å². The Morgan fingerprint density at radius 1 is 1.25 bits per heavy atom. The van der Waals surface area contributed by atoms with E-state index < -0.39 is 12.2 Å². The van der Waals surface area contributed by atoms with Gasteiger partial charge in [-0.25, -0.2) is 4.79 Å². The number of carbonyl (C=O) groups excluding carboxylic acids is 1. The molecule has 0 aliphatic carbocycles. The molecule has 1 unspecified atom stereocenters. The molecule has 1 amide bonds. The topological polar surface area (TPSA) is 61.8 Å². The van der Waals surface area contributed by atoms with Crippen molar-refractivity contribution in [3.63, 3.8) is 0 Å². The molecule has 2 rings (SSSR count). The molecule has 1 aliphatic heterocycles. The number of nitrogens with zero attached hydrogens (tertiary/aromatic N) is 1. The summed E-state index contributed by atoms with van der Waals surface area (Å²) in [6, 6.07) is 10.4. The van der Waals surface area contributed by atoms with E-state index in [4.69, 9.17) is 4.74 Å². The lowest BCUT2D eigenvalue weighted by Crippen LogP contribution is -2.56. The largest absolute Gasteiger partial charge is 0.447 e. The molecule has 5 heteroatoms. The van der Waals surface area contributed by atoms with Crippen LogP contribution in [-0.2, 0) is 4.74 Å². The van der Waals surface area contributed by atoms with Gasteiger partial charge >= 0.3 is 6.09 Å². The van der Waals surface area contributed by atoms with E-state index in [0.29, 0.717) is 18.9 Å². The molecular formula is C19H30N2O3. The van der Waals surface area contributed by atoms with Crippen molar-refractivity contribution in [2.24, 2.45) is 5.92 Å². The Morgan fingerprint density at radius 3 is 2.50 bits per heavy atom. The van der Waals surface area contributed by atoms with Crippen molar-refractivity contribution >= 4 is 6.09 Å². The van der Waals surface area contributed by atoms with Crippen LogP contribution in [0.2, 0.25) is 0 Å². The number of amides is 1. The van der Waals surface area contributed by atoms with E-state index in [1.54, 1.807) is 0 Å². The van der Waals surface area contributed by atoms with Crippen LogP contribution < -0.4 is 5.32 Å². The minimum absolute atomic E-state index is 0.172. The average Bonchev–Trinajstić information content (AvgIpc) is 2.50. The third-order valence-electron chi connectivity index (χ3n) is 4.42. The maximum absolute atomic E-state index is 11.9. The first-order chi connectivity index (χ1) is 11.4. The smallest absolute Gasteiger partial charge is 0.407 e. The van der Waals surface area contributed by atoms with Crippen molar-refractivity contribution in [2.45, 2.75) is 58.4 Å². The molecule has 0 radical (unpaired) electrons. The monoisotopic (exact) mass is 334 g/mol. The average molecular weight is 334 g/mol. The molecule has 2 N–H and O–H groups in total. The molecule has 1 saturated heterocycles. The first kappa shape index (κ1) is 18.7. The Morgan fingerprint density at radius 2 is 1.92 bits per heavy atom. The molecule has 1 fully saturated rings. The van der Waals surface area contributed by atoms with Gasteiger partial charge in [-0.2, -0.15) is 0 Å². The zero-order chi connectivity index (χ0) is 17.7. The molecule has 0 bridgehead atoms. The fourth-order valence-corrected chi connectivity index (χ4v) is 3.43. The minimum Gasteiger partial charge on any atom is -0.447 e. The van der Waals surface area contributed by atoms with Crippen LogP contribution in [0.5, 0.6) is 0 Å². The number of alkyl carbamates (subject to hydrolysis) is 1. The lowest BCUT2D eigenvalue weighted by atomic mass is 9.91. The molecule has 1 aromatic carbocycles. The number of aliphatic hydroxyl groups is 1. The normalized spacial score (nSPS) is 23.3. The van der Waals surface area contributed by atoms with Crippen molar-refractivity contribution < 1.29 is 14.6 Å². The third-order valence-corrected chi connectivity index (χ3v) is 4.42. The van der Waals surface area contributed by atoms with Crippen LogP contribution in [0, 0.1) is 5.92 Å². The molecule has 1 aromatic rings. The van der Waals surface area contributed by atoms with E-state index in [2.05, 4.69) is 48.3 Å². The maximum Gasteiger partial charge on any atom is 0.407 e. The highest BCUT2D eigenvalue weighted by Crippen LogP contribution is 2.31. The van der Waals surface area contributed by atoms with Gasteiger partial charge < -0.3 is 15.2 Å². The second kappa shape index (κ2) is 8.49. The van der Waals surface area contributed by atoms with Gasteiger partial charge in [0.1, 0.15) is 0 Å². The second-order valence-electron chi connectivity index (χ2n) is 7.16. The van der Waals surface area contributed by atoms with E-state index in [-0.39, 0.29) is 18.2 Å². The molecule has 24 heavy (non-hydrogen) atoms. The summed E-state index contributed by atoms with van der Waals surface area (Å²) in [5.41, 5.74) is 1.27. The number of hydrogen-bond donors (Lipinski definition) is 2. The summed E-state index contributed by atoms with van der Waals surface area (Å²) in [6.07, 6.45) is -0.529. The predicted octanol–water partition coefficient (Wildman–Crippen LogP) is 2.95. The van der Waals surface area contributed by atoms with Crippen molar-refractivity contribution in [3.8, 4) is 0 Å². The van der Waals surface area contributed by atoms with E-state index in [1.807, 2.05) is 19.9 Å². The molecule has 5 nitrogen and oxygen atoms in total. The summed E-state index contributed by atoms with van der Waals surface area (Å²) >= 11 is 0.